The third-order valence-corrected chi connectivity index (χ3v) is 2.38. The van der Waals surface area contributed by atoms with Crippen LogP contribution in [0.4, 0.5) is 0 Å². The SMILES string of the molecule is CN(Cc1ccncc1)Cc1cccnc1. The van der Waals surface area contributed by atoms with Crippen molar-refractivity contribution in [1.29, 1.82) is 0 Å². The number of nitrogens with zero attached hydrogens (tertiary/aromatic N) is 3. The van der Waals surface area contributed by atoms with Crippen LogP contribution in [0, 0.1) is 0 Å². The van der Waals surface area contributed by atoms with Crippen molar-refractivity contribution in [1.82, 2.24) is 14.9 Å². The van der Waals surface area contributed by atoms with Crippen molar-refractivity contribution in [3.05, 3.63) is 60.2 Å². The van der Waals surface area contributed by atoms with Gasteiger partial charge in [-0.3, -0.25) is 14.9 Å². The summed E-state index contributed by atoms with van der Waals surface area (Å²) in [6.45, 7) is 1.84. The molecule has 0 saturated carbocycles. The molecule has 0 aliphatic heterocycles. The molecule has 3 heteroatoms. The molecule has 0 saturated heterocycles. The highest BCUT2D eigenvalue weighted by atomic mass is 15.1. The maximum Gasteiger partial charge on any atom is 0.0312 e. The van der Waals surface area contributed by atoms with E-state index >= 15 is 0 Å². The highest BCUT2D eigenvalue weighted by Gasteiger charge is 2.01. The van der Waals surface area contributed by atoms with Crippen LogP contribution in [0.5, 0.6) is 0 Å². The van der Waals surface area contributed by atoms with Gasteiger partial charge in [0.15, 0.2) is 0 Å². The summed E-state index contributed by atoms with van der Waals surface area (Å²) in [6, 6.07) is 8.14. The second-order valence-electron chi connectivity index (χ2n) is 3.89. The van der Waals surface area contributed by atoms with Crippen LogP contribution >= 0.6 is 0 Å². The Morgan fingerprint density at radius 2 is 1.69 bits per heavy atom. The summed E-state index contributed by atoms with van der Waals surface area (Å²) in [5.74, 6) is 0. The van der Waals surface area contributed by atoms with E-state index in [0.717, 1.165) is 13.1 Å². The summed E-state index contributed by atoms with van der Waals surface area (Å²) in [5, 5.41) is 0. The zero-order valence-corrected chi connectivity index (χ0v) is 9.37. The molecule has 0 bridgehead atoms. The fourth-order valence-electron chi connectivity index (χ4n) is 1.66. The molecule has 0 aliphatic rings. The first-order valence-corrected chi connectivity index (χ1v) is 5.31. The number of hydrogen-bond acceptors (Lipinski definition) is 3. The van der Waals surface area contributed by atoms with E-state index in [0.29, 0.717) is 0 Å². The van der Waals surface area contributed by atoms with Crippen molar-refractivity contribution in [2.75, 3.05) is 7.05 Å². The zero-order chi connectivity index (χ0) is 11.2. The van der Waals surface area contributed by atoms with Gasteiger partial charge in [-0.25, -0.2) is 0 Å². The molecule has 0 spiro atoms. The minimum Gasteiger partial charge on any atom is -0.298 e. The molecule has 2 aromatic heterocycles. The van der Waals surface area contributed by atoms with E-state index in [4.69, 9.17) is 0 Å². The van der Waals surface area contributed by atoms with Crippen LogP contribution in [0.2, 0.25) is 0 Å². The molecule has 0 atom stereocenters. The van der Waals surface area contributed by atoms with Gasteiger partial charge in [-0.05, 0) is 36.4 Å². The molecule has 2 aromatic rings. The van der Waals surface area contributed by atoms with E-state index in [-0.39, 0.29) is 0 Å². The molecule has 0 unspecified atom stereocenters. The lowest BCUT2D eigenvalue weighted by Gasteiger charge is -2.16. The normalized spacial score (nSPS) is 10.6. The topological polar surface area (TPSA) is 29.0 Å². The Morgan fingerprint density at radius 1 is 0.938 bits per heavy atom. The van der Waals surface area contributed by atoms with Gasteiger partial charge in [0.25, 0.3) is 0 Å². The average Bonchev–Trinajstić information content (AvgIpc) is 2.31. The predicted molar refractivity (Wildman–Crippen MR) is 63.6 cm³/mol. The monoisotopic (exact) mass is 213 g/mol. The molecule has 0 radical (unpaired) electrons. The van der Waals surface area contributed by atoms with Gasteiger partial charge >= 0.3 is 0 Å². The molecule has 16 heavy (non-hydrogen) atoms. The lowest BCUT2D eigenvalue weighted by atomic mass is 10.2. The molecule has 0 amide bonds. The van der Waals surface area contributed by atoms with Crippen LogP contribution in [0.3, 0.4) is 0 Å². The zero-order valence-electron chi connectivity index (χ0n) is 9.37. The van der Waals surface area contributed by atoms with Crippen LogP contribution in [-0.2, 0) is 13.1 Å². The fourth-order valence-corrected chi connectivity index (χ4v) is 1.66. The van der Waals surface area contributed by atoms with Crippen LogP contribution < -0.4 is 0 Å². The van der Waals surface area contributed by atoms with Crippen molar-refractivity contribution in [2.24, 2.45) is 0 Å². The van der Waals surface area contributed by atoms with Gasteiger partial charge in [-0.1, -0.05) is 6.07 Å². The summed E-state index contributed by atoms with van der Waals surface area (Å²) in [6.07, 6.45) is 7.36. The fraction of sp³-hybridized carbons (Fsp3) is 0.231. The minimum absolute atomic E-state index is 0.913. The second kappa shape index (κ2) is 5.37. The summed E-state index contributed by atoms with van der Waals surface area (Å²) in [4.78, 5) is 10.4. The number of hydrogen-bond donors (Lipinski definition) is 0. The first-order valence-electron chi connectivity index (χ1n) is 5.31. The van der Waals surface area contributed by atoms with Crippen molar-refractivity contribution in [3.8, 4) is 0 Å². The number of aromatic nitrogens is 2. The van der Waals surface area contributed by atoms with E-state index in [2.05, 4.69) is 28.0 Å². The van der Waals surface area contributed by atoms with Gasteiger partial charge in [0.2, 0.25) is 0 Å². The molecular formula is C13H15N3. The first kappa shape index (κ1) is 10.8. The maximum absolute atomic E-state index is 4.11. The van der Waals surface area contributed by atoms with Gasteiger partial charge < -0.3 is 0 Å². The predicted octanol–water partition coefficient (Wildman–Crippen LogP) is 2.11. The smallest absolute Gasteiger partial charge is 0.0312 e. The van der Waals surface area contributed by atoms with Crippen molar-refractivity contribution in [3.63, 3.8) is 0 Å². The number of rotatable bonds is 4. The van der Waals surface area contributed by atoms with Gasteiger partial charge in [-0.2, -0.15) is 0 Å². The Kier molecular flexibility index (Phi) is 3.62. The second-order valence-corrected chi connectivity index (χ2v) is 3.89. The molecule has 0 N–H and O–H groups in total. The molecular weight excluding hydrogens is 198 g/mol. The molecule has 2 heterocycles. The molecule has 2 rings (SSSR count). The van der Waals surface area contributed by atoms with E-state index in [1.807, 2.05) is 36.8 Å². The third-order valence-electron chi connectivity index (χ3n) is 2.38. The van der Waals surface area contributed by atoms with Gasteiger partial charge in [0.05, 0.1) is 0 Å². The van der Waals surface area contributed by atoms with Crippen molar-refractivity contribution < 1.29 is 0 Å². The lowest BCUT2D eigenvalue weighted by Crippen LogP contribution is -2.17. The van der Waals surface area contributed by atoms with E-state index < -0.39 is 0 Å². The summed E-state index contributed by atoms with van der Waals surface area (Å²) in [5.41, 5.74) is 2.51. The average molecular weight is 213 g/mol. The Bertz CT molecular complexity index is 372. The van der Waals surface area contributed by atoms with Crippen LogP contribution in [0.15, 0.2) is 49.1 Å². The van der Waals surface area contributed by atoms with Crippen LogP contribution in [0.1, 0.15) is 11.1 Å². The first-order chi connectivity index (χ1) is 7.84. The van der Waals surface area contributed by atoms with Gasteiger partial charge in [-0.15, -0.1) is 0 Å². The lowest BCUT2D eigenvalue weighted by molar-refractivity contribution is 0.318. The summed E-state index contributed by atoms with van der Waals surface area (Å²) < 4.78 is 0. The third kappa shape index (κ3) is 3.14. The Balaban J connectivity index is 1.92. The molecule has 0 fully saturated rings. The molecule has 0 aromatic carbocycles. The van der Waals surface area contributed by atoms with Crippen molar-refractivity contribution in [2.45, 2.75) is 13.1 Å². The molecule has 3 nitrogen and oxygen atoms in total. The van der Waals surface area contributed by atoms with E-state index in [1.54, 1.807) is 6.20 Å². The Labute approximate surface area is 95.8 Å². The van der Waals surface area contributed by atoms with Gasteiger partial charge in [0.1, 0.15) is 0 Å². The highest BCUT2D eigenvalue weighted by Crippen LogP contribution is 2.05. The standard InChI is InChI=1S/C13H15N3/c1-16(10-12-4-7-14-8-5-12)11-13-3-2-6-15-9-13/h2-9H,10-11H2,1H3. The quantitative estimate of drug-likeness (QED) is 0.779. The Hall–Kier alpha value is -1.74. The number of pyridine rings is 2. The van der Waals surface area contributed by atoms with Crippen molar-refractivity contribution >= 4 is 0 Å². The van der Waals surface area contributed by atoms with E-state index in [1.165, 1.54) is 11.1 Å². The van der Waals surface area contributed by atoms with Crippen LogP contribution in [-0.4, -0.2) is 21.9 Å². The van der Waals surface area contributed by atoms with Gasteiger partial charge in [0, 0.05) is 37.9 Å². The molecule has 0 aliphatic carbocycles. The Morgan fingerprint density at radius 3 is 2.38 bits per heavy atom. The summed E-state index contributed by atoms with van der Waals surface area (Å²) in [7, 11) is 2.10. The summed E-state index contributed by atoms with van der Waals surface area (Å²) >= 11 is 0. The van der Waals surface area contributed by atoms with E-state index in [9.17, 15) is 0 Å². The minimum atomic E-state index is 0.913. The maximum atomic E-state index is 4.11. The largest absolute Gasteiger partial charge is 0.298 e. The molecule has 82 valence electrons. The highest BCUT2D eigenvalue weighted by molar-refractivity contribution is 5.11. The van der Waals surface area contributed by atoms with Crippen LogP contribution in [0.25, 0.3) is 0 Å².